The van der Waals surface area contributed by atoms with Crippen molar-refractivity contribution in [2.24, 2.45) is 12.8 Å². The van der Waals surface area contributed by atoms with E-state index in [1.54, 1.807) is 0 Å². The normalized spacial score (nSPS) is 10.8. The van der Waals surface area contributed by atoms with Gasteiger partial charge >= 0.3 is 0 Å². The number of aromatic nitrogens is 2. The first-order chi connectivity index (χ1) is 8.11. The van der Waals surface area contributed by atoms with E-state index in [1.807, 2.05) is 7.05 Å². The third kappa shape index (κ3) is 2.39. The molecular formula is C14H19N3. The van der Waals surface area contributed by atoms with Crippen LogP contribution in [0.5, 0.6) is 0 Å². The molecule has 3 heteroatoms. The summed E-state index contributed by atoms with van der Waals surface area (Å²) in [6, 6.07) is 8.59. The summed E-state index contributed by atoms with van der Waals surface area (Å²) in [7, 11) is 2.02. The average Bonchev–Trinajstić information content (AvgIpc) is 2.60. The molecule has 3 nitrogen and oxygen atoms in total. The molecule has 0 spiro atoms. The third-order valence-corrected chi connectivity index (χ3v) is 3.25. The zero-order valence-electron chi connectivity index (χ0n) is 10.7. The lowest BCUT2D eigenvalue weighted by Gasteiger charge is -2.02. The van der Waals surface area contributed by atoms with Crippen LogP contribution in [0.25, 0.3) is 0 Å². The summed E-state index contributed by atoms with van der Waals surface area (Å²) < 4.78 is 2.07. The van der Waals surface area contributed by atoms with Gasteiger partial charge in [0.25, 0.3) is 0 Å². The number of hydrogen-bond donors (Lipinski definition) is 1. The summed E-state index contributed by atoms with van der Waals surface area (Å²) in [4.78, 5) is 4.58. The Morgan fingerprint density at radius 1 is 1.18 bits per heavy atom. The molecule has 90 valence electrons. The Bertz CT molecular complexity index is 509. The Morgan fingerprint density at radius 2 is 1.82 bits per heavy atom. The van der Waals surface area contributed by atoms with Crippen LogP contribution < -0.4 is 5.73 Å². The van der Waals surface area contributed by atoms with E-state index < -0.39 is 0 Å². The van der Waals surface area contributed by atoms with Gasteiger partial charge in [-0.2, -0.15) is 0 Å². The molecule has 0 bridgehead atoms. The molecule has 0 radical (unpaired) electrons. The molecule has 0 atom stereocenters. The van der Waals surface area contributed by atoms with Crippen LogP contribution in [-0.2, 0) is 20.0 Å². The van der Waals surface area contributed by atoms with Crippen molar-refractivity contribution in [2.75, 3.05) is 0 Å². The van der Waals surface area contributed by atoms with Crippen LogP contribution in [0.2, 0.25) is 0 Å². The van der Waals surface area contributed by atoms with Crippen molar-refractivity contribution in [1.82, 2.24) is 9.55 Å². The lowest BCUT2D eigenvalue weighted by atomic mass is 10.1. The van der Waals surface area contributed by atoms with Crippen molar-refractivity contribution in [3.63, 3.8) is 0 Å². The summed E-state index contributed by atoms with van der Waals surface area (Å²) in [5, 5.41) is 0. The van der Waals surface area contributed by atoms with E-state index in [9.17, 15) is 0 Å². The van der Waals surface area contributed by atoms with Gasteiger partial charge in [0.05, 0.1) is 12.2 Å². The molecule has 2 N–H and O–H groups in total. The monoisotopic (exact) mass is 229 g/mol. The summed E-state index contributed by atoms with van der Waals surface area (Å²) in [5.74, 6) is 0.949. The summed E-state index contributed by atoms with van der Waals surface area (Å²) in [6.07, 6.45) is 0.875. The number of nitrogens with zero attached hydrogens (tertiary/aromatic N) is 2. The topological polar surface area (TPSA) is 43.8 Å². The first-order valence-corrected chi connectivity index (χ1v) is 5.88. The van der Waals surface area contributed by atoms with E-state index in [1.165, 1.54) is 16.8 Å². The molecule has 0 aliphatic heterocycles. The van der Waals surface area contributed by atoms with Crippen LogP contribution in [0.15, 0.2) is 24.3 Å². The van der Waals surface area contributed by atoms with Crippen LogP contribution in [-0.4, -0.2) is 9.55 Å². The SMILES string of the molecule is Cc1ccc(Cc2nc(CN)n(C)c2C)cc1. The van der Waals surface area contributed by atoms with Crippen molar-refractivity contribution in [3.8, 4) is 0 Å². The van der Waals surface area contributed by atoms with E-state index in [2.05, 4.69) is 47.7 Å². The Labute approximate surface area is 102 Å². The quantitative estimate of drug-likeness (QED) is 0.875. The minimum atomic E-state index is 0.491. The average molecular weight is 229 g/mol. The van der Waals surface area contributed by atoms with E-state index >= 15 is 0 Å². The van der Waals surface area contributed by atoms with E-state index in [0.717, 1.165) is 17.9 Å². The molecule has 0 fully saturated rings. The third-order valence-electron chi connectivity index (χ3n) is 3.25. The molecular weight excluding hydrogens is 210 g/mol. The van der Waals surface area contributed by atoms with Gasteiger partial charge < -0.3 is 10.3 Å². The maximum absolute atomic E-state index is 5.66. The van der Waals surface area contributed by atoms with Gasteiger partial charge in [0, 0.05) is 19.2 Å². The van der Waals surface area contributed by atoms with Crippen LogP contribution in [0.4, 0.5) is 0 Å². The van der Waals surface area contributed by atoms with Crippen molar-refractivity contribution in [1.29, 1.82) is 0 Å². The van der Waals surface area contributed by atoms with E-state index in [0.29, 0.717) is 6.54 Å². The van der Waals surface area contributed by atoms with Gasteiger partial charge in [-0.05, 0) is 19.4 Å². The van der Waals surface area contributed by atoms with Crippen molar-refractivity contribution in [3.05, 3.63) is 52.6 Å². The summed E-state index contributed by atoms with van der Waals surface area (Å²) in [6.45, 7) is 4.68. The minimum absolute atomic E-state index is 0.491. The molecule has 0 unspecified atom stereocenters. The van der Waals surface area contributed by atoms with Crippen LogP contribution in [0.1, 0.15) is 28.3 Å². The predicted octanol–water partition coefficient (Wildman–Crippen LogP) is 2.09. The summed E-state index contributed by atoms with van der Waals surface area (Å²) >= 11 is 0. The molecule has 0 aliphatic rings. The number of rotatable bonds is 3. The Morgan fingerprint density at radius 3 is 2.35 bits per heavy atom. The van der Waals surface area contributed by atoms with Crippen LogP contribution in [0, 0.1) is 13.8 Å². The molecule has 2 rings (SSSR count). The Kier molecular flexibility index (Phi) is 3.29. The van der Waals surface area contributed by atoms with Gasteiger partial charge in [-0.1, -0.05) is 29.8 Å². The molecule has 0 aliphatic carbocycles. The largest absolute Gasteiger partial charge is 0.334 e. The molecule has 2 aromatic rings. The number of imidazole rings is 1. The maximum Gasteiger partial charge on any atom is 0.122 e. The van der Waals surface area contributed by atoms with Crippen LogP contribution >= 0.6 is 0 Å². The molecule has 1 aromatic carbocycles. The van der Waals surface area contributed by atoms with Crippen LogP contribution in [0.3, 0.4) is 0 Å². The molecule has 1 heterocycles. The number of benzene rings is 1. The highest BCUT2D eigenvalue weighted by molar-refractivity contribution is 5.28. The molecule has 0 saturated carbocycles. The minimum Gasteiger partial charge on any atom is -0.334 e. The number of hydrogen-bond acceptors (Lipinski definition) is 2. The van der Waals surface area contributed by atoms with E-state index in [4.69, 9.17) is 5.73 Å². The Hall–Kier alpha value is -1.61. The highest BCUT2D eigenvalue weighted by Gasteiger charge is 2.10. The van der Waals surface area contributed by atoms with Crippen molar-refractivity contribution >= 4 is 0 Å². The van der Waals surface area contributed by atoms with Gasteiger partial charge in [-0.25, -0.2) is 4.98 Å². The first-order valence-electron chi connectivity index (χ1n) is 5.88. The molecule has 17 heavy (non-hydrogen) atoms. The molecule has 0 amide bonds. The predicted molar refractivity (Wildman–Crippen MR) is 69.8 cm³/mol. The lowest BCUT2D eigenvalue weighted by molar-refractivity contribution is 0.774. The molecule has 1 aromatic heterocycles. The Balaban J connectivity index is 2.27. The lowest BCUT2D eigenvalue weighted by Crippen LogP contribution is -2.05. The fraction of sp³-hybridized carbons (Fsp3) is 0.357. The second-order valence-electron chi connectivity index (χ2n) is 4.49. The summed E-state index contributed by atoms with van der Waals surface area (Å²) in [5.41, 5.74) is 10.6. The fourth-order valence-electron chi connectivity index (χ4n) is 1.95. The fourth-order valence-corrected chi connectivity index (χ4v) is 1.95. The zero-order chi connectivity index (χ0) is 12.4. The molecule has 0 saturated heterocycles. The second-order valence-corrected chi connectivity index (χ2v) is 4.49. The zero-order valence-corrected chi connectivity index (χ0v) is 10.7. The maximum atomic E-state index is 5.66. The van der Waals surface area contributed by atoms with Gasteiger partial charge in [0.2, 0.25) is 0 Å². The van der Waals surface area contributed by atoms with Crippen molar-refractivity contribution in [2.45, 2.75) is 26.8 Å². The van der Waals surface area contributed by atoms with Gasteiger partial charge in [-0.3, -0.25) is 0 Å². The number of aryl methyl sites for hydroxylation is 1. The first kappa shape index (κ1) is 11.9. The highest BCUT2D eigenvalue weighted by Crippen LogP contribution is 2.14. The second kappa shape index (κ2) is 4.72. The van der Waals surface area contributed by atoms with Gasteiger partial charge in [0.15, 0.2) is 0 Å². The highest BCUT2D eigenvalue weighted by atomic mass is 15.1. The smallest absolute Gasteiger partial charge is 0.122 e. The van der Waals surface area contributed by atoms with Gasteiger partial charge in [-0.15, -0.1) is 0 Å². The van der Waals surface area contributed by atoms with E-state index in [-0.39, 0.29) is 0 Å². The van der Waals surface area contributed by atoms with Gasteiger partial charge in [0.1, 0.15) is 5.82 Å². The number of nitrogens with two attached hydrogens (primary N) is 1. The standard InChI is InChI=1S/C14H19N3/c1-10-4-6-12(7-5-10)8-13-11(2)17(3)14(9-15)16-13/h4-7H,8-9,15H2,1-3H3. The van der Waals surface area contributed by atoms with Crippen molar-refractivity contribution < 1.29 is 0 Å².